The molecule has 79 heavy (non-hydrogen) atoms. The lowest BCUT2D eigenvalue weighted by atomic mass is 10.0. The number of rotatable bonds is 31. The molecule has 2 aromatic carbocycles. The van der Waals surface area contributed by atoms with Crippen molar-refractivity contribution in [2.45, 2.75) is 140 Å². The Balaban J connectivity index is 1.59. The van der Waals surface area contributed by atoms with E-state index in [4.69, 9.17) is 21.9 Å². The van der Waals surface area contributed by atoms with E-state index in [1.165, 1.54) is 19.4 Å². The Labute approximate surface area is 469 Å². The zero-order valence-electron chi connectivity index (χ0n) is 44.9. The number of aliphatic imine (C=N–C) groups is 1. The van der Waals surface area contributed by atoms with Crippen molar-refractivity contribution in [1.29, 1.82) is 0 Å². The molecule has 0 spiro atoms. The molecule has 0 aliphatic heterocycles. The van der Waals surface area contributed by atoms with Gasteiger partial charge in [-0.25, -0.2) is 9.78 Å². The minimum atomic E-state index is -1.40. The standard InChI is InChI=1S/C52H75N15O10S2/c1-6-7-17-36(67-51(76)77-52(3,4)5)45(71)66-41(27-79)49(75)60-29(2)43(69)62-39(23-32-25-56-28-59-32)48(74)63-37(21-30-14-9-8-10-15-30)46(72)61-35(19-13-20-57-50(54)55)44(70)64-38(47(73)65-40(26-78)42(53)68)22-31-24-58-34-18-12-11-16-33(31)34/h8-12,14-16,18,24-25,28-29,35-41,58,78-79H,6-7,13,17,19-23,26-27H2,1-5H3,(H2,53,68)(H,56,59)(H,60,75)(H,61,72)(H,62,69)(H,63,74)(H,64,70)(H,65,73)(H,66,71)(H,67,76)(H4,54,55,57)/t29-,35+,36+,37-,38+,39+,40+,41+/m1/s1. The monoisotopic (exact) mass is 1130 g/mol. The van der Waals surface area contributed by atoms with Gasteiger partial charge in [-0.05, 0) is 64.2 Å². The van der Waals surface area contributed by atoms with Gasteiger partial charge in [0.25, 0.3) is 0 Å². The average Bonchev–Trinajstić information content (AvgIpc) is 4.08. The summed E-state index contributed by atoms with van der Waals surface area (Å²) >= 11 is 8.41. The molecule has 0 unspecified atom stereocenters. The molecule has 0 saturated carbocycles. The van der Waals surface area contributed by atoms with Crippen molar-refractivity contribution < 1.29 is 47.9 Å². The summed E-state index contributed by atoms with van der Waals surface area (Å²) in [4.78, 5) is 137. The van der Waals surface area contributed by atoms with Crippen LogP contribution in [0.15, 0.2) is 78.3 Å². The average molecular weight is 1130 g/mol. The summed E-state index contributed by atoms with van der Waals surface area (Å²) in [5, 5.41) is 21.9. The molecule has 2 heterocycles. The molecule has 0 saturated heterocycles. The molecule has 4 rings (SSSR count). The van der Waals surface area contributed by atoms with Crippen molar-refractivity contribution in [3.05, 3.63) is 90.1 Å². The fourth-order valence-corrected chi connectivity index (χ4v) is 8.48. The maximum Gasteiger partial charge on any atom is 0.408 e. The van der Waals surface area contributed by atoms with Gasteiger partial charge in [0.05, 0.1) is 6.33 Å². The number of H-pyrrole nitrogens is 2. The number of unbranched alkanes of at least 4 members (excludes halogenated alkanes) is 1. The molecule has 25 nitrogen and oxygen atoms in total. The maximum atomic E-state index is 14.7. The normalized spacial score (nSPS) is 14.3. The summed E-state index contributed by atoms with van der Waals surface area (Å²) in [7, 11) is 0. The number of alkyl carbamates (subject to hydrolysis) is 1. The van der Waals surface area contributed by atoms with E-state index in [1.807, 2.05) is 31.2 Å². The van der Waals surface area contributed by atoms with Gasteiger partial charge in [0.15, 0.2) is 5.96 Å². The quantitative estimate of drug-likeness (QED) is 0.0135. The Morgan fingerprint density at radius 1 is 0.620 bits per heavy atom. The Morgan fingerprint density at radius 3 is 1.72 bits per heavy atom. The second kappa shape index (κ2) is 31.6. The van der Waals surface area contributed by atoms with Crippen molar-refractivity contribution in [3.63, 3.8) is 0 Å². The van der Waals surface area contributed by atoms with E-state index in [1.54, 1.807) is 57.3 Å². The SMILES string of the molecule is CCCC[C@H](NC(=O)OC(C)(C)C)C(=O)N[C@@H](CS)C(=O)N[C@H](C)C(=O)N[C@@H](Cc1cnc[nH]1)C(=O)N[C@H](Cc1ccccc1)C(=O)N[C@@H](CCCN=C(N)N)C(=O)N[C@@H](Cc1c[nH]c2ccccc12)C(=O)N[C@@H](CS)C(N)=O. The smallest absolute Gasteiger partial charge is 0.408 e. The highest BCUT2D eigenvalue weighted by Gasteiger charge is 2.35. The molecule has 430 valence electrons. The number of benzene rings is 2. The summed E-state index contributed by atoms with van der Waals surface area (Å²) < 4.78 is 5.33. The zero-order valence-corrected chi connectivity index (χ0v) is 46.7. The number of guanidine groups is 1. The van der Waals surface area contributed by atoms with E-state index >= 15 is 0 Å². The van der Waals surface area contributed by atoms with Crippen LogP contribution in [0.3, 0.4) is 0 Å². The Bertz CT molecular complexity index is 2720. The Hall–Kier alpha value is -7.81. The van der Waals surface area contributed by atoms with Crippen molar-refractivity contribution in [3.8, 4) is 0 Å². The summed E-state index contributed by atoms with van der Waals surface area (Å²) in [5.74, 6) is -6.91. The van der Waals surface area contributed by atoms with Crippen LogP contribution >= 0.6 is 25.3 Å². The Morgan fingerprint density at radius 2 is 1.14 bits per heavy atom. The number of primary amides is 1. The molecule has 2 aromatic heterocycles. The minimum absolute atomic E-state index is 0.0539. The molecule has 27 heteroatoms. The first-order valence-corrected chi connectivity index (χ1v) is 27.0. The molecule has 9 amide bonds. The third-order valence-electron chi connectivity index (χ3n) is 12.1. The molecule has 0 aliphatic carbocycles. The largest absolute Gasteiger partial charge is 0.444 e. The molecular weight excluding hydrogens is 1060 g/mol. The number of imidazole rings is 1. The van der Waals surface area contributed by atoms with E-state index in [2.05, 4.69) is 87.7 Å². The number of thiol groups is 2. The van der Waals surface area contributed by atoms with E-state index in [9.17, 15) is 43.2 Å². The highest BCUT2D eigenvalue weighted by Crippen LogP contribution is 2.20. The third kappa shape index (κ3) is 21.5. The number of nitrogens with one attached hydrogen (secondary N) is 10. The first-order chi connectivity index (χ1) is 37.5. The second-order valence-electron chi connectivity index (χ2n) is 19.7. The fourth-order valence-electron chi connectivity index (χ4n) is 7.95. The first-order valence-electron chi connectivity index (χ1n) is 25.8. The number of hydrogen-bond acceptors (Lipinski definition) is 14. The summed E-state index contributed by atoms with van der Waals surface area (Å²) in [6, 6.07) is 5.69. The predicted octanol–water partition coefficient (Wildman–Crippen LogP) is -0.186. The van der Waals surface area contributed by atoms with Gasteiger partial charge < -0.3 is 74.4 Å². The highest BCUT2D eigenvalue weighted by atomic mass is 32.1. The highest BCUT2D eigenvalue weighted by molar-refractivity contribution is 7.80. The van der Waals surface area contributed by atoms with Crippen LogP contribution in [0.4, 0.5) is 4.79 Å². The molecule has 4 aromatic rings. The van der Waals surface area contributed by atoms with Crippen LogP contribution in [0.25, 0.3) is 10.9 Å². The van der Waals surface area contributed by atoms with Gasteiger partial charge in [-0.1, -0.05) is 68.3 Å². The molecular formula is C52H75N15O10S2. The third-order valence-corrected chi connectivity index (χ3v) is 12.8. The number of nitrogens with two attached hydrogens (primary N) is 3. The molecule has 0 aliphatic rings. The fraction of sp³-hybridized carbons (Fsp3) is 0.481. The summed E-state index contributed by atoms with van der Waals surface area (Å²) in [5.41, 5.74) is 18.3. The zero-order chi connectivity index (χ0) is 58.2. The van der Waals surface area contributed by atoms with Crippen LogP contribution in [0.5, 0.6) is 0 Å². The number of carbonyl (C=O) groups is 9. The van der Waals surface area contributed by atoms with Crippen LogP contribution in [0, 0.1) is 0 Å². The molecule has 0 bridgehead atoms. The van der Waals surface area contributed by atoms with Gasteiger partial charge in [0.2, 0.25) is 47.3 Å². The van der Waals surface area contributed by atoms with Crippen LogP contribution < -0.4 is 59.7 Å². The van der Waals surface area contributed by atoms with Gasteiger partial charge in [-0.3, -0.25) is 43.3 Å². The topological polar surface area (TPSA) is 394 Å². The molecule has 0 fully saturated rings. The molecule has 0 radical (unpaired) electrons. The predicted molar refractivity (Wildman–Crippen MR) is 303 cm³/mol. The first kappa shape index (κ1) is 63.7. The van der Waals surface area contributed by atoms with Gasteiger partial charge in [-0.15, -0.1) is 0 Å². The van der Waals surface area contributed by atoms with E-state index < -0.39 is 107 Å². The molecule has 8 atom stereocenters. The number of fused-ring (bicyclic) bond motifs is 1. The van der Waals surface area contributed by atoms with Crippen LogP contribution in [-0.2, 0) is 62.4 Å². The number of ether oxygens (including phenoxy) is 1. The van der Waals surface area contributed by atoms with Gasteiger partial charge in [-0.2, -0.15) is 25.3 Å². The van der Waals surface area contributed by atoms with E-state index in [0.717, 1.165) is 10.9 Å². The van der Waals surface area contributed by atoms with Crippen molar-refractivity contribution in [2.75, 3.05) is 18.1 Å². The summed E-state index contributed by atoms with van der Waals surface area (Å²) in [6.45, 7) is 8.35. The van der Waals surface area contributed by atoms with Crippen LogP contribution in [-0.4, -0.2) is 146 Å². The number of nitrogens with zero attached hydrogens (tertiary/aromatic N) is 2. The van der Waals surface area contributed by atoms with E-state index in [0.29, 0.717) is 29.7 Å². The van der Waals surface area contributed by atoms with Crippen molar-refractivity contribution in [2.24, 2.45) is 22.2 Å². The van der Waals surface area contributed by atoms with Gasteiger partial charge >= 0.3 is 6.09 Å². The van der Waals surface area contributed by atoms with Gasteiger partial charge in [0.1, 0.15) is 53.9 Å². The number of carbonyl (C=O) groups excluding carboxylic acids is 9. The number of aromatic amines is 2. The lowest BCUT2D eigenvalue weighted by molar-refractivity contribution is -0.135. The number of para-hydroxylation sites is 1. The minimum Gasteiger partial charge on any atom is -0.444 e. The lowest BCUT2D eigenvalue weighted by Crippen LogP contribution is -2.61. The van der Waals surface area contributed by atoms with Crippen molar-refractivity contribution >= 4 is 95.5 Å². The second-order valence-corrected chi connectivity index (χ2v) is 20.4. The van der Waals surface area contributed by atoms with Crippen molar-refractivity contribution in [1.82, 2.24) is 57.5 Å². The number of hydrogen-bond donors (Lipinski definition) is 15. The Kier molecular flexibility index (Phi) is 25.5. The number of aromatic nitrogens is 3. The lowest BCUT2D eigenvalue weighted by Gasteiger charge is -2.27. The van der Waals surface area contributed by atoms with Gasteiger partial charge in [0, 0.05) is 66.3 Å². The molecule has 16 N–H and O–H groups in total. The van der Waals surface area contributed by atoms with Crippen LogP contribution in [0.1, 0.15) is 83.5 Å². The summed E-state index contributed by atoms with van der Waals surface area (Å²) in [6.07, 6.45) is 4.96. The van der Waals surface area contributed by atoms with Crippen LogP contribution in [0.2, 0.25) is 0 Å². The van der Waals surface area contributed by atoms with E-state index in [-0.39, 0.29) is 62.5 Å². The number of amides is 9. The maximum absolute atomic E-state index is 14.7.